The molecule has 5 heteroatoms. The summed E-state index contributed by atoms with van der Waals surface area (Å²) < 4.78 is 7.31. The molecule has 1 fully saturated rings. The zero-order valence-electron chi connectivity index (χ0n) is 12.4. The first-order valence-electron chi connectivity index (χ1n) is 7.23. The molecule has 1 aromatic rings. The first kappa shape index (κ1) is 14.5. The Morgan fingerprint density at radius 3 is 2.74 bits per heavy atom. The number of hydrogen-bond donors (Lipinski definition) is 1. The van der Waals surface area contributed by atoms with Crippen molar-refractivity contribution in [3.63, 3.8) is 0 Å². The first-order chi connectivity index (χ1) is 9.10. The lowest BCUT2D eigenvalue weighted by Crippen LogP contribution is -2.41. The fourth-order valence-electron chi connectivity index (χ4n) is 2.71. The molecule has 108 valence electrons. The van der Waals surface area contributed by atoms with Crippen LogP contribution in [-0.4, -0.2) is 41.3 Å². The molecule has 2 rings (SSSR count). The second-order valence-corrected chi connectivity index (χ2v) is 6.20. The smallest absolute Gasteiger partial charge is 0.0833 e. The highest BCUT2D eigenvalue weighted by Crippen LogP contribution is 2.33. The Morgan fingerprint density at radius 2 is 2.16 bits per heavy atom. The van der Waals surface area contributed by atoms with Gasteiger partial charge in [0, 0.05) is 39.4 Å². The third-order valence-corrected chi connectivity index (χ3v) is 3.81. The summed E-state index contributed by atoms with van der Waals surface area (Å²) in [7, 11) is 1.92. The average molecular weight is 266 g/mol. The van der Waals surface area contributed by atoms with Crippen LogP contribution in [0.25, 0.3) is 0 Å². The molecule has 0 atom stereocenters. The molecule has 1 saturated heterocycles. The molecular formula is C14H26N4O. The van der Waals surface area contributed by atoms with Crippen LogP contribution in [0.15, 0.2) is 6.20 Å². The highest BCUT2D eigenvalue weighted by Gasteiger charge is 2.33. The van der Waals surface area contributed by atoms with Gasteiger partial charge in [-0.3, -0.25) is 4.68 Å². The zero-order valence-corrected chi connectivity index (χ0v) is 12.4. The van der Waals surface area contributed by atoms with E-state index in [2.05, 4.69) is 29.5 Å². The van der Waals surface area contributed by atoms with E-state index < -0.39 is 0 Å². The van der Waals surface area contributed by atoms with Gasteiger partial charge in [-0.25, -0.2) is 0 Å². The van der Waals surface area contributed by atoms with Gasteiger partial charge in [-0.2, -0.15) is 0 Å². The van der Waals surface area contributed by atoms with Crippen molar-refractivity contribution in [2.45, 2.75) is 33.1 Å². The summed E-state index contributed by atoms with van der Waals surface area (Å²) in [5.74, 6) is 0.688. The van der Waals surface area contributed by atoms with Crippen molar-refractivity contribution < 1.29 is 4.74 Å². The van der Waals surface area contributed by atoms with Gasteiger partial charge >= 0.3 is 0 Å². The maximum absolute atomic E-state index is 5.53. The van der Waals surface area contributed by atoms with Crippen molar-refractivity contribution in [1.29, 1.82) is 0 Å². The second-order valence-electron chi connectivity index (χ2n) is 6.20. The van der Waals surface area contributed by atoms with Gasteiger partial charge in [0.15, 0.2) is 0 Å². The Balaban J connectivity index is 1.97. The zero-order chi connectivity index (χ0) is 13.7. The van der Waals surface area contributed by atoms with Crippen LogP contribution >= 0.6 is 0 Å². The molecule has 0 bridgehead atoms. The second kappa shape index (κ2) is 6.48. The molecule has 1 aliphatic rings. The van der Waals surface area contributed by atoms with Crippen molar-refractivity contribution in [1.82, 2.24) is 20.3 Å². The minimum absolute atomic E-state index is 0.281. The predicted octanol–water partition coefficient (Wildman–Crippen LogP) is 1.40. The fourth-order valence-corrected chi connectivity index (χ4v) is 2.71. The van der Waals surface area contributed by atoms with E-state index in [4.69, 9.17) is 4.74 Å². The summed E-state index contributed by atoms with van der Waals surface area (Å²) in [4.78, 5) is 0. The van der Waals surface area contributed by atoms with E-state index in [1.54, 1.807) is 4.68 Å². The van der Waals surface area contributed by atoms with E-state index in [0.29, 0.717) is 5.92 Å². The van der Waals surface area contributed by atoms with Gasteiger partial charge in [-0.15, -0.1) is 5.10 Å². The topological polar surface area (TPSA) is 52.0 Å². The largest absolute Gasteiger partial charge is 0.381 e. The van der Waals surface area contributed by atoms with Crippen LogP contribution in [-0.2, 0) is 18.2 Å². The molecule has 19 heavy (non-hydrogen) atoms. The Morgan fingerprint density at radius 1 is 1.42 bits per heavy atom. The molecule has 5 nitrogen and oxygen atoms in total. The summed E-state index contributed by atoms with van der Waals surface area (Å²) in [6.07, 6.45) is 5.23. The molecular weight excluding hydrogens is 240 g/mol. The normalized spacial score (nSPS) is 18.9. The summed E-state index contributed by atoms with van der Waals surface area (Å²) >= 11 is 0. The van der Waals surface area contributed by atoms with Crippen molar-refractivity contribution in [2.75, 3.05) is 26.3 Å². The number of aryl methyl sites for hydroxylation is 1. The highest BCUT2D eigenvalue weighted by atomic mass is 16.5. The Labute approximate surface area is 115 Å². The molecule has 1 N–H and O–H groups in total. The number of rotatable bonds is 6. The molecule has 0 aliphatic carbocycles. The van der Waals surface area contributed by atoms with Crippen LogP contribution in [0.4, 0.5) is 0 Å². The van der Waals surface area contributed by atoms with Crippen LogP contribution in [0.1, 0.15) is 32.4 Å². The lowest BCUT2D eigenvalue weighted by Gasteiger charge is -2.37. The van der Waals surface area contributed by atoms with Crippen LogP contribution in [0.3, 0.4) is 0 Å². The molecule has 0 amide bonds. The molecule has 0 saturated carbocycles. The fraction of sp³-hybridized carbons (Fsp3) is 0.857. The molecule has 1 aliphatic heterocycles. The molecule has 0 spiro atoms. The van der Waals surface area contributed by atoms with Gasteiger partial charge in [-0.1, -0.05) is 19.1 Å². The Kier molecular flexibility index (Phi) is 4.93. The summed E-state index contributed by atoms with van der Waals surface area (Å²) in [5.41, 5.74) is 1.37. The summed E-state index contributed by atoms with van der Waals surface area (Å²) in [5, 5.41) is 11.9. The van der Waals surface area contributed by atoms with E-state index in [9.17, 15) is 0 Å². The lowest BCUT2D eigenvalue weighted by atomic mass is 9.76. The van der Waals surface area contributed by atoms with Crippen molar-refractivity contribution >= 4 is 0 Å². The summed E-state index contributed by atoms with van der Waals surface area (Å²) in [6.45, 7) is 8.33. The maximum atomic E-state index is 5.53. The Hall–Kier alpha value is -0.940. The standard InChI is InChI=1S/C14H26N4O/c1-12(2)9-15-11-14(4-6-19-7-5-14)8-13-10-18(3)17-16-13/h10,12,15H,4-9,11H2,1-3H3. The van der Waals surface area contributed by atoms with Crippen LogP contribution < -0.4 is 5.32 Å². The van der Waals surface area contributed by atoms with Crippen LogP contribution in [0, 0.1) is 11.3 Å². The molecule has 2 heterocycles. The molecule has 0 unspecified atom stereocenters. The van der Waals surface area contributed by atoms with E-state index in [0.717, 1.165) is 51.3 Å². The van der Waals surface area contributed by atoms with Crippen molar-refractivity contribution in [3.8, 4) is 0 Å². The first-order valence-corrected chi connectivity index (χ1v) is 7.23. The van der Waals surface area contributed by atoms with E-state index in [1.807, 2.05) is 13.2 Å². The molecule has 0 aromatic carbocycles. The monoisotopic (exact) mass is 266 g/mol. The maximum Gasteiger partial charge on any atom is 0.0833 e. The van der Waals surface area contributed by atoms with Crippen molar-refractivity contribution in [3.05, 3.63) is 11.9 Å². The average Bonchev–Trinajstić information content (AvgIpc) is 2.75. The number of nitrogens with one attached hydrogen (secondary N) is 1. The van der Waals surface area contributed by atoms with Crippen molar-refractivity contribution in [2.24, 2.45) is 18.4 Å². The third kappa shape index (κ3) is 4.28. The van der Waals surface area contributed by atoms with Crippen LogP contribution in [0.5, 0.6) is 0 Å². The number of aromatic nitrogens is 3. The van der Waals surface area contributed by atoms with Crippen LogP contribution in [0.2, 0.25) is 0 Å². The molecule has 1 aromatic heterocycles. The predicted molar refractivity (Wildman–Crippen MR) is 74.9 cm³/mol. The molecule has 0 radical (unpaired) electrons. The van der Waals surface area contributed by atoms with Gasteiger partial charge in [0.2, 0.25) is 0 Å². The van der Waals surface area contributed by atoms with E-state index in [-0.39, 0.29) is 5.41 Å². The SMILES string of the molecule is CC(C)CNCC1(Cc2cn(C)nn2)CCOCC1. The van der Waals surface area contributed by atoms with Gasteiger partial charge in [0.1, 0.15) is 0 Å². The van der Waals surface area contributed by atoms with Gasteiger partial charge < -0.3 is 10.1 Å². The lowest BCUT2D eigenvalue weighted by molar-refractivity contribution is 0.0142. The highest BCUT2D eigenvalue weighted by molar-refractivity contribution is 5.00. The van der Waals surface area contributed by atoms with Gasteiger partial charge in [0.25, 0.3) is 0 Å². The minimum atomic E-state index is 0.281. The number of nitrogens with zero attached hydrogens (tertiary/aromatic N) is 3. The third-order valence-electron chi connectivity index (χ3n) is 3.81. The Bertz CT molecular complexity index is 383. The van der Waals surface area contributed by atoms with E-state index in [1.165, 1.54) is 0 Å². The quantitative estimate of drug-likeness (QED) is 0.845. The summed E-state index contributed by atoms with van der Waals surface area (Å²) in [6, 6.07) is 0. The number of ether oxygens (including phenoxy) is 1. The van der Waals surface area contributed by atoms with Gasteiger partial charge in [-0.05, 0) is 30.7 Å². The van der Waals surface area contributed by atoms with E-state index >= 15 is 0 Å². The van der Waals surface area contributed by atoms with Gasteiger partial charge in [0.05, 0.1) is 5.69 Å². The minimum Gasteiger partial charge on any atom is -0.381 e. The number of hydrogen-bond acceptors (Lipinski definition) is 4.